The van der Waals surface area contributed by atoms with Gasteiger partial charge < -0.3 is 9.40 Å². The smallest absolute Gasteiger partial charge is 0.294 e. The van der Waals surface area contributed by atoms with Gasteiger partial charge in [-0.25, -0.2) is 4.98 Å². The Morgan fingerprint density at radius 1 is 1.14 bits per heavy atom. The van der Waals surface area contributed by atoms with E-state index in [0.717, 1.165) is 16.4 Å². The largest absolute Gasteiger partial charge is 0.441 e. The van der Waals surface area contributed by atoms with Crippen molar-refractivity contribution < 1.29 is 17.4 Å². The van der Waals surface area contributed by atoms with E-state index in [1.54, 1.807) is 13.0 Å². The summed E-state index contributed by atoms with van der Waals surface area (Å²) in [5.41, 5.74) is 2.97. The van der Waals surface area contributed by atoms with Crippen LogP contribution in [0.5, 0.6) is 0 Å². The molecule has 4 rings (SSSR count). The molecule has 21 heavy (non-hydrogen) atoms. The first kappa shape index (κ1) is 12.4. The molecule has 0 amide bonds. The lowest BCUT2D eigenvalue weighted by Crippen LogP contribution is -1.96. The summed E-state index contributed by atoms with van der Waals surface area (Å²) in [6.07, 6.45) is 0. The Labute approximate surface area is 119 Å². The Bertz CT molecular complexity index is 1120. The first-order valence-electron chi connectivity index (χ1n) is 6.22. The minimum absolute atomic E-state index is 0.132. The SMILES string of the molecule is Cc1nc2cc3c(cc2o1)[nH]c1ccc(S(=O)(=O)O)cc13. The van der Waals surface area contributed by atoms with Crippen molar-refractivity contribution in [3.05, 3.63) is 36.2 Å². The second-order valence-corrected chi connectivity index (χ2v) is 6.33. The van der Waals surface area contributed by atoms with Gasteiger partial charge in [0.05, 0.1) is 10.4 Å². The topological polar surface area (TPSA) is 96.2 Å². The van der Waals surface area contributed by atoms with Crippen LogP contribution in [0.25, 0.3) is 32.9 Å². The highest BCUT2D eigenvalue weighted by Crippen LogP contribution is 2.31. The van der Waals surface area contributed by atoms with E-state index in [9.17, 15) is 8.42 Å². The van der Waals surface area contributed by atoms with Gasteiger partial charge in [-0.15, -0.1) is 0 Å². The average Bonchev–Trinajstić information content (AvgIpc) is 2.92. The summed E-state index contributed by atoms with van der Waals surface area (Å²) in [6.45, 7) is 1.77. The monoisotopic (exact) mass is 302 g/mol. The van der Waals surface area contributed by atoms with E-state index >= 15 is 0 Å². The molecule has 0 radical (unpaired) electrons. The normalized spacial score (nSPS) is 12.7. The van der Waals surface area contributed by atoms with Crippen LogP contribution in [0.4, 0.5) is 0 Å². The third-order valence-corrected chi connectivity index (χ3v) is 4.33. The number of hydrogen-bond donors (Lipinski definition) is 2. The predicted molar refractivity (Wildman–Crippen MR) is 77.9 cm³/mol. The predicted octanol–water partition coefficient (Wildman–Crippen LogP) is 3.02. The Kier molecular flexibility index (Phi) is 2.26. The highest BCUT2D eigenvalue weighted by Gasteiger charge is 2.14. The number of aromatic amines is 1. The molecule has 0 spiro atoms. The van der Waals surface area contributed by atoms with Crippen LogP contribution in [0, 0.1) is 6.92 Å². The molecule has 2 N–H and O–H groups in total. The first-order valence-corrected chi connectivity index (χ1v) is 7.66. The molecule has 0 atom stereocenters. The molecule has 0 aliphatic rings. The molecule has 0 aliphatic heterocycles. The maximum Gasteiger partial charge on any atom is 0.294 e. The molecular weight excluding hydrogens is 292 g/mol. The van der Waals surface area contributed by atoms with Crippen LogP contribution < -0.4 is 0 Å². The van der Waals surface area contributed by atoms with E-state index in [4.69, 9.17) is 8.97 Å². The molecule has 7 heteroatoms. The van der Waals surface area contributed by atoms with Crippen LogP contribution in [-0.4, -0.2) is 22.9 Å². The zero-order valence-corrected chi connectivity index (χ0v) is 11.7. The number of nitrogens with one attached hydrogen (secondary N) is 1. The molecule has 0 aliphatic carbocycles. The van der Waals surface area contributed by atoms with Crippen molar-refractivity contribution in [2.75, 3.05) is 0 Å². The number of fused-ring (bicyclic) bond motifs is 4. The Morgan fingerprint density at radius 3 is 2.67 bits per heavy atom. The molecule has 0 saturated carbocycles. The van der Waals surface area contributed by atoms with Gasteiger partial charge in [0.2, 0.25) is 0 Å². The van der Waals surface area contributed by atoms with E-state index in [-0.39, 0.29) is 4.90 Å². The summed E-state index contributed by atoms with van der Waals surface area (Å²) < 4.78 is 37.2. The number of nitrogens with zero attached hydrogens (tertiary/aromatic N) is 1. The number of aromatic nitrogens is 2. The molecule has 2 heterocycles. The Balaban J connectivity index is 2.14. The summed E-state index contributed by atoms with van der Waals surface area (Å²) >= 11 is 0. The molecule has 0 fully saturated rings. The van der Waals surface area contributed by atoms with E-state index in [1.807, 2.05) is 12.1 Å². The van der Waals surface area contributed by atoms with Crippen molar-refractivity contribution in [1.82, 2.24) is 9.97 Å². The molecule has 6 nitrogen and oxygen atoms in total. The van der Waals surface area contributed by atoms with Gasteiger partial charge in [0.1, 0.15) is 5.52 Å². The van der Waals surface area contributed by atoms with Crippen molar-refractivity contribution in [2.45, 2.75) is 11.8 Å². The number of rotatable bonds is 1. The Morgan fingerprint density at radius 2 is 1.90 bits per heavy atom. The van der Waals surface area contributed by atoms with Crippen LogP contribution in [0.1, 0.15) is 5.89 Å². The van der Waals surface area contributed by atoms with E-state index in [1.165, 1.54) is 12.1 Å². The zero-order chi connectivity index (χ0) is 14.8. The molecule has 4 aromatic rings. The van der Waals surface area contributed by atoms with Crippen LogP contribution in [0.2, 0.25) is 0 Å². The van der Waals surface area contributed by atoms with Gasteiger partial charge in [0, 0.05) is 29.3 Å². The number of aryl methyl sites for hydroxylation is 1. The van der Waals surface area contributed by atoms with Crippen LogP contribution in [-0.2, 0) is 10.1 Å². The summed E-state index contributed by atoms with van der Waals surface area (Å²) in [6, 6.07) is 8.10. The fourth-order valence-corrected chi connectivity index (χ4v) is 3.08. The van der Waals surface area contributed by atoms with Gasteiger partial charge in [0.15, 0.2) is 11.5 Å². The van der Waals surface area contributed by atoms with Crippen LogP contribution >= 0.6 is 0 Å². The fourth-order valence-electron chi connectivity index (χ4n) is 2.58. The fraction of sp³-hybridized carbons (Fsp3) is 0.0714. The maximum atomic E-state index is 11.3. The van der Waals surface area contributed by atoms with Crippen molar-refractivity contribution >= 4 is 43.0 Å². The van der Waals surface area contributed by atoms with Gasteiger partial charge in [-0.05, 0) is 24.3 Å². The second-order valence-electron chi connectivity index (χ2n) is 4.91. The standard InChI is InChI=1S/C14H10N2O4S/c1-7-15-13-5-10-9-4-8(21(17,18)19)2-3-11(9)16-12(10)6-14(13)20-7/h2-6,16H,1H3,(H,17,18,19). The maximum absolute atomic E-state index is 11.3. The molecular formula is C14H10N2O4S. The summed E-state index contributed by atoms with van der Waals surface area (Å²) in [5, 5.41) is 1.54. The number of oxazole rings is 1. The second kappa shape index (κ2) is 3.84. The molecule has 106 valence electrons. The van der Waals surface area contributed by atoms with Gasteiger partial charge in [-0.2, -0.15) is 8.42 Å². The molecule has 0 saturated heterocycles. The summed E-state index contributed by atoms with van der Waals surface area (Å²) in [7, 11) is -4.23. The Hall–Kier alpha value is -2.38. The minimum Gasteiger partial charge on any atom is -0.441 e. The lowest BCUT2D eigenvalue weighted by atomic mass is 10.1. The minimum atomic E-state index is -4.23. The highest BCUT2D eigenvalue weighted by molar-refractivity contribution is 7.85. The van der Waals surface area contributed by atoms with Crippen LogP contribution in [0.3, 0.4) is 0 Å². The third kappa shape index (κ3) is 1.82. The number of hydrogen-bond acceptors (Lipinski definition) is 4. The number of benzene rings is 2. The number of H-pyrrole nitrogens is 1. The van der Waals surface area contributed by atoms with E-state index in [0.29, 0.717) is 22.4 Å². The van der Waals surface area contributed by atoms with Crippen LogP contribution in [0.15, 0.2) is 39.6 Å². The quantitative estimate of drug-likeness (QED) is 0.527. The van der Waals surface area contributed by atoms with Crippen molar-refractivity contribution in [3.63, 3.8) is 0 Å². The molecule has 0 unspecified atom stereocenters. The molecule has 0 bridgehead atoms. The van der Waals surface area contributed by atoms with Gasteiger partial charge in [0.25, 0.3) is 10.1 Å². The lowest BCUT2D eigenvalue weighted by Gasteiger charge is -1.97. The van der Waals surface area contributed by atoms with Crippen molar-refractivity contribution in [1.29, 1.82) is 0 Å². The van der Waals surface area contributed by atoms with E-state index in [2.05, 4.69) is 9.97 Å². The van der Waals surface area contributed by atoms with Crippen molar-refractivity contribution in [2.24, 2.45) is 0 Å². The van der Waals surface area contributed by atoms with Gasteiger partial charge in [-0.3, -0.25) is 4.55 Å². The summed E-state index contributed by atoms with van der Waals surface area (Å²) in [5.74, 6) is 0.570. The highest BCUT2D eigenvalue weighted by atomic mass is 32.2. The van der Waals surface area contributed by atoms with Gasteiger partial charge >= 0.3 is 0 Å². The van der Waals surface area contributed by atoms with Gasteiger partial charge in [-0.1, -0.05) is 0 Å². The zero-order valence-electron chi connectivity index (χ0n) is 10.9. The first-order chi connectivity index (χ1) is 9.91. The lowest BCUT2D eigenvalue weighted by molar-refractivity contribution is 0.483. The van der Waals surface area contributed by atoms with E-state index < -0.39 is 10.1 Å². The average molecular weight is 302 g/mol. The summed E-state index contributed by atoms with van der Waals surface area (Å²) in [4.78, 5) is 7.33. The molecule has 2 aromatic heterocycles. The molecule has 2 aromatic carbocycles. The third-order valence-electron chi connectivity index (χ3n) is 3.48. The van der Waals surface area contributed by atoms with Crippen molar-refractivity contribution in [3.8, 4) is 0 Å².